The van der Waals surface area contributed by atoms with Gasteiger partial charge in [-0.2, -0.15) is 0 Å². The van der Waals surface area contributed by atoms with E-state index in [4.69, 9.17) is 4.74 Å². The largest absolute Gasteiger partial charge is 0.443 e. The Bertz CT molecular complexity index is 894. The van der Waals surface area contributed by atoms with Gasteiger partial charge in [0.05, 0.1) is 6.20 Å². The molecule has 0 unspecified atom stereocenters. The van der Waals surface area contributed by atoms with Gasteiger partial charge in [-0.15, -0.1) is 0 Å². The number of nitrogens with one attached hydrogen (secondary N) is 2. The summed E-state index contributed by atoms with van der Waals surface area (Å²) in [6, 6.07) is 10.0. The summed E-state index contributed by atoms with van der Waals surface area (Å²) >= 11 is 0. The SMILES string of the molecule is Cc1ccc(-n2ccc3nc(NNC(=O)OC(C)(C)C)cnc32)cc1. The highest BCUT2D eigenvalue weighted by Crippen LogP contribution is 2.19. The van der Waals surface area contributed by atoms with Crippen molar-refractivity contribution in [3.63, 3.8) is 0 Å². The van der Waals surface area contributed by atoms with Crippen molar-refractivity contribution in [1.82, 2.24) is 20.0 Å². The number of ether oxygens (including phenoxy) is 1. The van der Waals surface area contributed by atoms with Crippen molar-refractivity contribution in [2.24, 2.45) is 0 Å². The average Bonchev–Trinajstić information content (AvgIpc) is 2.95. The topological polar surface area (TPSA) is 81.1 Å². The lowest BCUT2D eigenvalue weighted by atomic mass is 10.2. The molecule has 0 aliphatic heterocycles. The highest BCUT2D eigenvalue weighted by molar-refractivity contribution is 5.76. The second-order valence-corrected chi connectivity index (χ2v) is 6.74. The molecule has 0 fully saturated rings. The van der Waals surface area contributed by atoms with Gasteiger partial charge in [-0.1, -0.05) is 17.7 Å². The molecule has 3 aromatic rings. The van der Waals surface area contributed by atoms with Crippen LogP contribution in [0.4, 0.5) is 10.6 Å². The molecule has 7 nitrogen and oxygen atoms in total. The van der Waals surface area contributed by atoms with Crippen LogP contribution in [0.25, 0.3) is 16.9 Å². The molecule has 0 saturated heterocycles. The van der Waals surface area contributed by atoms with Gasteiger partial charge in [-0.25, -0.2) is 20.2 Å². The van der Waals surface area contributed by atoms with Crippen LogP contribution < -0.4 is 10.9 Å². The number of aryl methyl sites for hydroxylation is 1. The van der Waals surface area contributed by atoms with Crippen molar-refractivity contribution in [1.29, 1.82) is 0 Å². The summed E-state index contributed by atoms with van der Waals surface area (Å²) in [6.07, 6.45) is 2.90. The molecule has 0 aliphatic rings. The summed E-state index contributed by atoms with van der Waals surface area (Å²) < 4.78 is 7.12. The highest BCUT2D eigenvalue weighted by atomic mass is 16.6. The third kappa shape index (κ3) is 4.06. The van der Waals surface area contributed by atoms with Crippen LogP contribution in [-0.2, 0) is 4.74 Å². The lowest BCUT2D eigenvalue weighted by molar-refractivity contribution is 0.0541. The first-order valence-corrected chi connectivity index (χ1v) is 7.98. The monoisotopic (exact) mass is 339 g/mol. The van der Waals surface area contributed by atoms with Crippen molar-refractivity contribution in [2.75, 3.05) is 5.43 Å². The van der Waals surface area contributed by atoms with Crippen molar-refractivity contribution in [3.05, 3.63) is 48.3 Å². The number of carbonyl (C=O) groups excluding carboxylic acids is 1. The molecule has 0 radical (unpaired) electrons. The molecule has 7 heteroatoms. The van der Waals surface area contributed by atoms with Gasteiger partial charge >= 0.3 is 6.09 Å². The van der Waals surface area contributed by atoms with Crippen molar-refractivity contribution >= 4 is 23.1 Å². The number of hydrazine groups is 1. The molecule has 0 aliphatic carbocycles. The number of amides is 1. The van der Waals surface area contributed by atoms with Gasteiger partial charge in [-0.3, -0.25) is 9.99 Å². The van der Waals surface area contributed by atoms with Gasteiger partial charge in [-0.05, 0) is 45.9 Å². The summed E-state index contributed by atoms with van der Waals surface area (Å²) in [7, 11) is 0. The molecular formula is C18H21N5O2. The molecule has 25 heavy (non-hydrogen) atoms. The second-order valence-electron chi connectivity index (χ2n) is 6.74. The van der Waals surface area contributed by atoms with Crippen LogP contribution >= 0.6 is 0 Å². The minimum absolute atomic E-state index is 0.431. The van der Waals surface area contributed by atoms with Crippen LogP contribution in [0.15, 0.2) is 42.7 Å². The molecule has 0 spiro atoms. The number of hydrogen-bond acceptors (Lipinski definition) is 5. The Labute approximate surface area is 146 Å². The van der Waals surface area contributed by atoms with E-state index in [0.717, 1.165) is 16.9 Å². The Morgan fingerprint density at radius 3 is 2.56 bits per heavy atom. The first kappa shape index (κ1) is 16.8. The summed E-state index contributed by atoms with van der Waals surface area (Å²) in [5.41, 5.74) is 8.27. The molecule has 2 aromatic heterocycles. The molecule has 1 amide bonds. The summed E-state index contributed by atoms with van der Waals surface area (Å²) in [5, 5.41) is 0. The van der Waals surface area contributed by atoms with Gasteiger partial charge in [0.2, 0.25) is 0 Å². The number of benzene rings is 1. The van der Waals surface area contributed by atoms with Gasteiger partial charge in [0.1, 0.15) is 11.1 Å². The number of fused-ring (bicyclic) bond motifs is 1. The third-order valence-electron chi connectivity index (χ3n) is 3.39. The lowest BCUT2D eigenvalue weighted by Crippen LogP contribution is -2.36. The van der Waals surface area contributed by atoms with Crippen LogP contribution in [0.3, 0.4) is 0 Å². The average molecular weight is 339 g/mol. The molecule has 2 heterocycles. The van der Waals surface area contributed by atoms with Crippen LogP contribution in [0, 0.1) is 6.92 Å². The van der Waals surface area contributed by atoms with Crippen LogP contribution in [0.1, 0.15) is 26.3 Å². The quantitative estimate of drug-likeness (QED) is 0.713. The fourth-order valence-corrected chi connectivity index (χ4v) is 2.30. The Morgan fingerprint density at radius 1 is 1.16 bits per heavy atom. The smallest absolute Gasteiger partial charge is 0.426 e. The second kappa shape index (κ2) is 6.43. The van der Waals surface area contributed by atoms with E-state index in [1.807, 2.05) is 35.9 Å². The number of carbonyl (C=O) groups is 1. The van der Waals surface area contributed by atoms with E-state index in [1.54, 1.807) is 27.0 Å². The lowest BCUT2D eigenvalue weighted by Gasteiger charge is -2.19. The molecule has 0 bridgehead atoms. The van der Waals surface area contributed by atoms with E-state index < -0.39 is 11.7 Å². The maximum atomic E-state index is 11.7. The molecule has 130 valence electrons. The minimum Gasteiger partial charge on any atom is -0.443 e. The van der Waals surface area contributed by atoms with Gasteiger partial charge < -0.3 is 4.74 Å². The molecular weight excluding hydrogens is 318 g/mol. The summed E-state index contributed by atoms with van der Waals surface area (Å²) in [6.45, 7) is 7.44. The van der Waals surface area contributed by atoms with Crippen molar-refractivity contribution in [2.45, 2.75) is 33.3 Å². The van der Waals surface area contributed by atoms with Gasteiger partial charge in [0.15, 0.2) is 11.5 Å². The van der Waals surface area contributed by atoms with Crippen molar-refractivity contribution < 1.29 is 9.53 Å². The van der Waals surface area contributed by atoms with Crippen LogP contribution in [0.5, 0.6) is 0 Å². The fourth-order valence-electron chi connectivity index (χ4n) is 2.30. The number of nitrogens with zero attached hydrogens (tertiary/aromatic N) is 3. The summed E-state index contributed by atoms with van der Waals surface area (Å²) in [4.78, 5) is 20.5. The fraction of sp³-hybridized carbons (Fsp3) is 0.278. The van der Waals surface area contributed by atoms with Crippen LogP contribution in [-0.4, -0.2) is 26.2 Å². The maximum absolute atomic E-state index is 11.7. The standard InChI is InChI=1S/C18H21N5O2/c1-12-5-7-13(8-6-12)23-10-9-14-16(23)19-11-15(20-14)21-22-17(24)25-18(2,3)4/h5-11H,1-4H3,(H,20,21)(H,22,24). The maximum Gasteiger partial charge on any atom is 0.426 e. The number of rotatable bonds is 3. The van der Waals surface area contributed by atoms with Gasteiger partial charge in [0, 0.05) is 11.9 Å². The summed E-state index contributed by atoms with van der Waals surface area (Å²) in [5.74, 6) is 0.431. The minimum atomic E-state index is -0.577. The van der Waals surface area contributed by atoms with E-state index in [1.165, 1.54) is 5.56 Å². The molecule has 2 N–H and O–H groups in total. The number of aromatic nitrogens is 3. The van der Waals surface area contributed by atoms with E-state index >= 15 is 0 Å². The molecule has 0 saturated carbocycles. The zero-order valence-corrected chi connectivity index (χ0v) is 14.7. The highest BCUT2D eigenvalue weighted by Gasteiger charge is 2.16. The Morgan fingerprint density at radius 2 is 1.88 bits per heavy atom. The molecule has 1 aromatic carbocycles. The van der Waals surface area contributed by atoms with E-state index in [-0.39, 0.29) is 0 Å². The Kier molecular flexibility index (Phi) is 4.31. The van der Waals surface area contributed by atoms with E-state index in [9.17, 15) is 4.79 Å². The van der Waals surface area contributed by atoms with Crippen molar-refractivity contribution in [3.8, 4) is 5.69 Å². The normalized spacial score (nSPS) is 11.4. The zero-order chi connectivity index (χ0) is 18.0. The molecule has 3 rings (SSSR count). The first-order valence-electron chi connectivity index (χ1n) is 7.98. The van der Waals surface area contributed by atoms with E-state index in [0.29, 0.717) is 5.82 Å². The van der Waals surface area contributed by atoms with Gasteiger partial charge in [0.25, 0.3) is 0 Å². The number of hydrogen-bond donors (Lipinski definition) is 2. The predicted molar refractivity (Wildman–Crippen MR) is 96.6 cm³/mol. The Hall–Kier alpha value is -3.09. The van der Waals surface area contributed by atoms with E-state index in [2.05, 4.69) is 33.0 Å². The van der Waals surface area contributed by atoms with Crippen LogP contribution in [0.2, 0.25) is 0 Å². The molecule has 0 atom stereocenters. The number of anilines is 1. The third-order valence-corrected chi connectivity index (χ3v) is 3.39. The predicted octanol–water partition coefficient (Wildman–Crippen LogP) is 3.58. The Balaban J connectivity index is 1.76. The first-order chi connectivity index (χ1) is 11.8. The zero-order valence-electron chi connectivity index (χ0n) is 14.7.